The Morgan fingerprint density at radius 1 is 1.20 bits per heavy atom. The molecule has 78 valence electrons. The first kappa shape index (κ1) is 11.2. The minimum Gasteiger partial charge on any atom is -0.378 e. The predicted molar refractivity (Wildman–Crippen MR) is 63.6 cm³/mol. The third kappa shape index (κ3) is 3.77. The highest BCUT2D eigenvalue weighted by Crippen LogP contribution is 2.10. The topological polar surface area (TPSA) is 32.7 Å². The van der Waals surface area contributed by atoms with Crippen LogP contribution in [0.2, 0.25) is 0 Å². The van der Waals surface area contributed by atoms with E-state index >= 15 is 0 Å². The highest BCUT2D eigenvalue weighted by molar-refractivity contribution is 5.81. The van der Waals surface area contributed by atoms with E-state index in [0.29, 0.717) is 6.29 Å². The van der Waals surface area contributed by atoms with E-state index in [1.807, 2.05) is 43.3 Å². The van der Waals surface area contributed by atoms with Crippen LogP contribution in [0.5, 0.6) is 0 Å². The number of aliphatic imine (C=N–C) groups is 1. The van der Waals surface area contributed by atoms with Gasteiger partial charge >= 0.3 is 0 Å². The number of carbonyl (C=O) groups excluding carboxylic acids is 1. The van der Waals surface area contributed by atoms with E-state index in [9.17, 15) is 4.79 Å². The first-order valence-electron chi connectivity index (χ1n) is 4.65. The number of benzene rings is 1. The smallest absolute Gasteiger partial charge is 0.144 e. The molecule has 1 aromatic rings. The molecule has 0 aromatic heterocycles. The summed E-state index contributed by atoms with van der Waals surface area (Å²) in [4.78, 5) is 16.0. The van der Waals surface area contributed by atoms with Crippen molar-refractivity contribution in [3.63, 3.8) is 0 Å². The van der Waals surface area contributed by atoms with Gasteiger partial charge in [-0.05, 0) is 23.8 Å². The molecule has 0 amide bonds. The van der Waals surface area contributed by atoms with Gasteiger partial charge in [-0.3, -0.25) is 9.79 Å². The van der Waals surface area contributed by atoms with Crippen LogP contribution in [-0.4, -0.2) is 26.6 Å². The minimum absolute atomic E-state index is 0.701. The Bertz CT molecular complexity index is 364. The molecule has 0 aliphatic carbocycles. The van der Waals surface area contributed by atoms with E-state index in [0.717, 1.165) is 11.3 Å². The van der Waals surface area contributed by atoms with Crippen molar-refractivity contribution < 1.29 is 4.79 Å². The van der Waals surface area contributed by atoms with Crippen LogP contribution in [0, 0.1) is 0 Å². The van der Waals surface area contributed by atoms with Crippen molar-refractivity contribution in [2.24, 2.45) is 4.99 Å². The standard InChI is InChI=1S/C12H14N2O/c1-14(2)12-6-4-11(5-7-12)10-13-8-3-9-15/h3-10H,1-2H3/b8-3+,13-10?. The molecule has 1 rings (SSSR count). The first-order valence-corrected chi connectivity index (χ1v) is 4.65. The molecular formula is C12H14N2O. The lowest BCUT2D eigenvalue weighted by Gasteiger charge is -2.11. The Kier molecular flexibility index (Phi) is 4.29. The summed E-state index contributed by atoms with van der Waals surface area (Å²) in [7, 11) is 3.99. The highest BCUT2D eigenvalue weighted by atomic mass is 16.1. The summed E-state index contributed by atoms with van der Waals surface area (Å²) in [6.07, 6.45) is 5.23. The molecule has 0 saturated carbocycles. The number of rotatable bonds is 4. The number of carbonyl (C=O) groups is 1. The fraction of sp³-hybridized carbons (Fsp3) is 0.167. The molecule has 1 aromatic carbocycles. The maximum absolute atomic E-state index is 9.97. The molecule has 0 heterocycles. The first-order chi connectivity index (χ1) is 7.24. The summed E-state index contributed by atoms with van der Waals surface area (Å²) >= 11 is 0. The van der Waals surface area contributed by atoms with Gasteiger partial charge in [0.05, 0.1) is 0 Å². The van der Waals surface area contributed by atoms with Crippen LogP contribution in [0.15, 0.2) is 41.5 Å². The maximum Gasteiger partial charge on any atom is 0.144 e. The quantitative estimate of drug-likeness (QED) is 0.424. The summed E-state index contributed by atoms with van der Waals surface area (Å²) < 4.78 is 0. The monoisotopic (exact) mass is 202 g/mol. The fourth-order valence-corrected chi connectivity index (χ4v) is 1.07. The molecule has 0 bridgehead atoms. The van der Waals surface area contributed by atoms with Crippen LogP contribution >= 0.6 is 0 Å². The van der Waals surface area contributed by atoms with Crippen molar-refractivity contribution in [1.82, 2.24) is 0 Å². The second-order valence-corrected chi connectivity index (χ2v) is 3.24. The largest absolute Gasteiger partial charge is 0.378 e. The zero-order valence-electron chi connectivity index (χ0n) is 8.92. The number of allylic oxidation sites excluding steroid dienone is 1. The summed E-state index contributed by atoms with van der Waals surface area (Å²) in [5.74, 6) is 0. The van der Waals surface area contributed by atoms with Crippen molar-refractivity contribution in [2.75, 3.05) is 19.0 Å². The normalized spacial score (nSPS) is 11.1. The minimum atomic E-state index is 0.701. The van der Waals surface area contributed by atoms with Crippen LogP contribution in [0.3, 0.4) is 0 Å². The third-order valence-electron chi connectivity index (χ3n) is 1.88. The molecule has 0 saturated heterocycles. The van der Waals surface area contributed by atoms with Crippen molar-refractivity contribution in [3.8, 4) is 0 Å². The molecule has 15 heavy (non-hydrogen) atoms. The number of hydrogen-bond acceptors (Lipinski definition) is 3. The van der Waals surface area contributed by atoms with Gasteiger partial charge in [-0.25, -0.2) is 0 Å². The average Bonchev–Trinajstić information content (AvgIpc) is 2.25. The van der Waals surface area contributed by atoms with Gasteiger partial charge in [0.1, 0.15) is 6.29 Å². The van der Waals surface area contributed by atoms with Crippen LogP contribution in [0.4, 0.5) is 5.69 Å². The number of hydrogen-bond donors (Lipinski definition) is 0. The van der Waals surface area contributed by atoms with E-state index in [1.54, 1.807) is 6.21 Å². The molecule has 0 spiro atoms. The zero-order chi connectivity index (χ0) is 11.1. The second kappa shape index (κ2) is 5.75. The highest BCUT2D eigenvalue weighted by Gasteiger charge is 1.92. The Morgan fingerprint density at radius 3 is 2.40 bits per heavy atom. The molecule has 3 heteroatoms. The second-order valence-electron chi connectivity index (χ2n) is 3.24. The third-order valence-corrected chi connectivity index (χ3v) is 1.88. The lowest BCUT2D eigenvalue weighted by atomic mass is 10.2. The molecule has 0 radical (unpaired) electrons. The van der Waals surface area contributed by atoms with Gasteiger partial charge in [0, 0.05) is 32.2 Å². The summed E-state index contributed by atoms with van der Waals surface area (Å²) in [5, 5.41) is 0. The Hall–Kier alpha value is -1.90. The summed E-state index contributed by atoms with van der Waals surface area (Å²) in [6.45, 7) is 0. The van der Waals surface area contributed by atoms with Gasteiger partial charge in [0.2, 0.25) is 0 Å². The van der Waals surface area contributed by atoms with Gasteiger partial charge in [-0.15, -0.1) is 0 Å². The predicted octanol–water partition coefficient (Wildman–Crippen LogP) is 1.88. The molecule has 0 unspecified atom stereocenters. The molecular weight excluding hydrogens is 188 g/mol. The Balaban J connectivity index is 2.68. The van der Waals surface area contributed by atoms with E-state index in [1.165, 1.54) is 12.3 Å². The number of nitrogens with zero attached hydrogens (tertiary/aromatic N) is 2. The Labute approximate surface area is 89.7 Å². The maximum atomic E-state index is 9.97. The summed E-state index contributed by atoms with van der Waals surface area (Å²) in [5.41, 5.74) is 2.16. The Morgan fingerprint density at radius 2 is 1.87 bits per heavy atom. The van der Waals surface area contributed by atoms with E-state index in [-0.39, 0.29) is 0 Å². The van der Waals surface area contributed by atoms with Crippen molar-refractivity contribution in [1.29, 1.82) is 0 Å². The van der Waals surface area contributed by atoms with E-state index < -0.39 is 0 Å². The van der Waals surface area contributed by atoms with E-state index in [4.69, 9.17) is 0 Å². The number of anilines is 1. The van der Waals surface area contributed by atoms with Gasteiger partial charge in [-0.2, -0.15) is 0 Å². The van der Waals surface area contributed by atoms with Crippen LogP contribution in [0.1, 0.15) is 5.56 Å². The molecule has 0 N–H and O–H groups in total. The van der Waals surface area contributed by atoms with Crippen molar-refractivity contribution in [2.45, 2.75) is 0 Å². The van der Waals surface area contributed by atoms with Crippen molar-refractivity contribution >= 4 is 18.2 Å². The van der Waals surface area contributed by atoms with Gasteiger partial charge in [0.15, 0.2) is 0 Å². The van der Waals surface area contributed by atoms with Gasteiger partial charge < -0.3 is 4.90 Å². The van der Waals surface area contributed by atoms with Crippen LogP contribution < -0.4 is 4.90 Å². The molecule has 3 nitrogen and oxygen atoms in total. The molecule has 0 atom stereocenters. The fourth-order valence-electron chi connectivity index (χ4n) is 1.07. The number of aldehydes is 1. The lowest BCUT2D eigenvalue weighted by Crippen LogP contribution is -2.08. The van der Waals surface area contributed by atoms with Crippen molar-refractivity contribution in [3.05, 3.63) is 42.1 Å². The summed E-state index contributed by atoms with van der Waals surface area (Å²) in [6, 6.07) is 8.00. The lowest BCUT2D eigenvalue weighted by molar-refractivity contribution is -0.104. The average molecular weight is 202 g/mol. The SMILES string of the molecule is CN(C)c1ccc(C=N/C=C/C=O)cc1. The van der Waals surface area contributed by atoms with Crippen LogP contribution in [0.25, 0.3) is 0 Å². The van der Waals surface area contributed by atoms with E-state index in [2.05, 4.69) is 4.99 Å². The van der Waals surface area contributed by atoms with Gasteiger partial charge in [-0.1, -0.05) is 12.1 Å². The van der Waals surface area contributed by atoms with Crippen LogP contribution in [-0.2, 0) is 4.79 Å². The zero-order valence-corrected chi connectivity index (χ0v) is 8.92. The van der Waals surface area contributed by atoms with Gasteiger partial charge in [0.25, 0.3) is 0 Å². The molecule has 0 aliphatic rings. The molecule has 0 fully saturated rings. The molecule has 0 aliphatic heterocycles.